The first-order chi connectivity index (χ1) is 11.1. The molecular weight excluding hydrogens is 290 g/mol. The van der Waals surface area contributed by atoms with Crippen molar-refractivity contribution >= 4 is 5.91 Å². The van der Waals surface area contributed by atoms with E-state index in [-0.39, 0.29) is 11.9 Å². The Bertz CT molecular complexity index is 587. The zero-order valence-electron chi connectivity index (χ0n) is 13.8. The number of ether oxygens (including phenoxy) is 1. The lowest BCUT2D eigenvalue weighted by atomic mass is 10.1. The van der Waals surface area contributed by atoms with E-state index in [4.69, 9.17) is 4.74 Å². The highest BCUT2D eigenvalue weighted by Crippen LogP contribution is 2.22. The molecule has 124 valence electrons. The second kappa shape index (κ2) is 7.15. The highest BCUT2D eigenvalue weighted by Gasteiger charge is 2.34. The van der Waals surface area contributed by atoms with Gasteiger partial charge in [-0.15, -0.1) is 0 Å². The van der Waals surface area contributed by atoms with Gasteiger partial charge in [-0.2, -0.15) is 0 Å². The monoisotopic (exact) mass is 315 g/mol. The summed E-state index contributed by atoms with van der Waals surface area (Å²) in [5, 5.41) is 2.97. The molecule has 3 rings (SSSR count). The third kappa shape index (κ3) is 3.92. The molecule has 1 N–H and O–H groups in total. The maximum atomic E-state index is 12.1. The van der Waals surface area contributed by atoms with E-state index >= 15 is 0 Å². The number of fused-ring (bicyclic) bond motifs is 1. The lowest BCUT2D eigenvalue weighted by Gasteiger charge is -2.43. The van der Waals surface area contributed by atoms with E-state index in [1.165, 1.54) is 5.56 Å². The molecule has 2 aliphatic rings. The van der Waals surface area contributed by atoms with Crippen molar-refractivity contribution in [1.82, 2.24) is 15.1 Å². The molecule has 5 heteroatoms. The summed E-state index contributed by atoms with van der Waals surface area (Å²) in [5.41, 5.74) is 2.17. The maximum Gasteiger partial charge on any atom is 0.238 e. The minimum atomic E-state index is -0.0130. The number of hydrogen-bond donors (Lipinski definition) is 1. The summed E-state index contributed by atoms with van der Waals surface area (Å²) in [6.45, 7) is 11.6. The molecule has 0 radical (unpaired) electrons. The number of nitrogens with one attached hydrogen (secondary N) is 1. The largest absolute Gasteiger partial charge is 0.489 e. The molecule has 2 saturated heterocycles. The van der Waals surface area contributed by atoms with E-state index in [1.54, 1.807) is 0 Å². The third-order valence-electron chi connectivity index (χ3n) is 4.42. The van der Waals surface area contributed by atoms with Crippen molar-refractivity contribution in [2.45, 2.75) is 19.5 Å². The summed E-state index contributed by atoms with van der Waals surface area (Å²) in [7, 11) is 0. The average molecular weight is 315 g/mol. The normalized spacial score (nSPS) is 22.3. The standard InChI is InChI=1S/C18H25N3O2/c1-14(2)13-23-17-6-4-3-5-15(17)11-20-9-10-21-8-7-19-18(22)16(21)12-20/h3-6,16H,1,7-13H2,2H3,(H,19,22)/t16-/m1/s1. The highest BCUT2D eigenvalue weighted by atomic mass is 16.5. The van der Waals surface area contributed by atoms with Gasteiger partial charge >= 0.3 is 0 Å². The summed E-state index contributed by atoms with van der Waals surface area (Å²) in [5.74, 6) is 1.07. The SMILES string of the molecule is C=C(C)COc1ccccc1CN1CCN2CCNC(=O)[C@H]2C1. The Kier molecular flexibility index (Phi) is 4.98. The van der Waals surface area contributed by atoms with Crippen LogP contribution in [0.1, 0.15) is 12.5 Å². The highest BCUT2D eigenvalue weighted by molar-refractivity contribution is 5.82. The summed E-state index contributed by atoms with van der Waals surface area (Å²) in [6, 6.07) is 8.11. The number of carbonyl (C=O) groups excluding carboxylic acids is 1. The van der Waals surface area contributed by atoms with Crippen molar-refractivity contribution < 1.29 is 9.53 Å². The van der Waals surface area contributed by atoms with Crippen LogP contribution < -0.4 is 10.1 Å². The Morgan fingerprint density at radius 3 is 3.00 bits per heavy atom. The van der Waals surface area contributed by atoms with Gasteiger partial charge in [0.05, 0.1) is 0 Å². The third-order valence-corrected chi connectivity index (χ3v) is 4.42. The smallest absolute Gasteiger partial charge is 0.238 e. The molecule has 1 aromatic rings. The number of benzene rings is 1. The predicted octanol–water partition coefficient (Wildman–Crippen LogP) is 1.26. The van der Waals surface area contributed by atoms with Gasteiger partial charge in [0.25, 0.3) is 0 Å². The molecule has 1 atom stereocenters. The van der Waals surface area contributed by atoms with Crippen molar-refractivity contribution in [2.24, 2.45) is 0 Å². The van der Waals surface area contributed by atoms with Crippen LogP contribution in [0.15, 0.2) is 36.4 Å². The topological polar surface area (TPSA) is 44.8 Å². The van der Waals surface area contributed by atoms with E-state index in [9.17, 15) is 4.79 Å². The Hall–Kier alpha value is -1.85. The molecule has 2 fully saturated rings. The van der Waals surface area contributed by atoms with Gasteiger partial charge in [0.15, 0.2) is 0 Å². The van der Waals surface area contributed by atoms with Gasteiger partial charge in [-0.05, 0) is 18.6 Å². The zero-order valence-corrected chi connectivity index (χ0v) is 13.8. The number of amides is 1. The number of rotatable bonds is 5. The molecule has 2 heterocycles. The van der Waals surface area contributed by atoms with Crippen LogP contribution in [0.5, 0.6) is 5.75 Å². The van der Waals surface area contributed by atoms with Crippen molar-refractivity contribution in [3.05, 3.63) is 42.0 Å². The van der Waals surface area contributed by atoms with Gasteiger partial charge in [0.1, 0.15) is 18.4 Å². The molecule has 5 nitrogen and oxygen atoms in total. The van der Waals surface area contributed by atoms with E-state index in [2.05, 4.69) is 27.8 Å². The number of nitrogens with zero attached hydrogens (tertiary/aromatic N) is 2. The van der Waals surface area contributed by atoms with Crippen LogP contribution in [-0.4, -0.2) is 61.1 Å². The number of para-hydroxylation sites is 1. The minimum Gasteiger partial charge on any atom is -0.489 e. The Balaban J connectivity index is 1.65. The predicted molar refractivity (Wildman–Crippen MR) is 90.4 cm³/mol. The second-order valence-electron chi connectivity index (χ2n) is 6.43. The van der Waals surface area contributed by atoms with Gasteiger partial charge in [-0.3, -0.25) is 14.6 Å². The Morgan fingerprint density at radius 2 is 2.17 bits per heavy atom. The molecule has 0 unspecified atom stereocenters. The van der Waals surface area contributed by atoms with Crippen molar-refractivity contribution in [3.63, 3.8) is 0 Å². The number of piperazine rings is 2. The lowest BCUT2D eigenvalue weighted by molar-refractivity contribution is -0.131. The van der Waals surface area contributed by atoms with Gasteiger partial charge in [-0.1, -0.05) is 24.8 Å². The molecular formula is C18H25N3O2. The van der Waals surface area contributed by atoms with Gasteiger partial charge in [0, 0.05) is 44.8 Å². The molecule has 2 aliphatic heterocycles. The quantitative estimate of drug-likeness (QED) is 0.831. The number of hydrogen-bond acceptors (Lipinski definition) is 4. The summed E-state index contributed by atoms with van der Waals surface area (Å²) in [4.78, 5) is 16.7. The van der Waals surface area contributed by atoms with Crippen LogP contribution >= 0.6 is 0 Å². The summed E-state index contributed by atoms with van der Waals surface area (Å²) < 4.78 is 5.85. The fraction of sp³-hybridized carbons (Fsp3) is 0.500. The lowest BCUT2D eigenvalue weighted by Crippen LogP contribution is -2.63. The molecule has 0 saturated carbocycles. The molecule has 1 aromatic carbocycles. The average Bonchev–Trinajstić information content (AvgIpc) is 2.55. The van der Waals surface area contributed by atoms with E-state index in [1.807, 2.05) is 25.1 Å². The fourth-order valence-corrected chi connectivity index (χ4v) is 3.19. The van der Waals surface area contributed by atoms with Crippen LogP contribution in [0, 0.1) is 0 Å². The van der Waals surface area contributed by atoms with Crippen LogP contribution in [0.3, 0.4) is 0 Å². The molecule has 1 amide bonds. The Morgan fingerprint density at radius 1 is 1.35 bits per heavy atom. The zero-order chi connectivity index (χ0) is 16.2. The van der Waals surface area contributed by atoms with E-state index < -0.39 is 0 Å². The van der Waals surface area contributed by atoms with Crippen molar-refractivity contribution in [1.29, 1.82) is 0 Å². The minimum absolute atomic E-state index is 0.0130. The second-order valence-corrected chi connectivity index (χ2v) is 6.43. The van der Waals surface area contributed by atoms with Crippen LogP contribution in [0.25, 0.3) is 0 Å². The molecule has 0 aromatic heterocycles. The summed E-state index contributed by atoms with van der Waals surface area (Å²) in [6.07, 6.45) is 0. The number of carbonyl (C=O) groups is 1. The van der Waals surface area contributed by atoms with Crippen molar-refractivity contribution in [3.8, 4) is 5.75 Å². The van der Waals surface area contributed by atoms with Gasteiger partial charge in [-0.25, -0.2) is 0 Å². The maximum absolute atomic E-state index is 12.1. The van der Waals surface area contributed by atoms with E-state index in [0.717, 1.165) is 50.6 Å². The molecule has 0 spiro atoms. The fourth-order valence-electron chi connectivity index (χ4n) is 3.19. The van der Waals surface area contributed by atoms with Crippen LogP contribution in [0.4, 0.5) is 0 Å². The first-order valence-electron chi connectivity index (χ1n) is 8.22. The summed E-state index contributed by atoms with van der Waals surface area (Å²) >= 11 is 0. The van der Waals surface area contributed by atoms with Gasteiger partial charge < -0.3 is 10.1 Å². The molecule has 0 bridgehead atoms. The van der Waals surface area contributed by atoms with E-state index in [0.29, 0.717) is 6.61 Å². The molecule has 0 aliphatic carbocycles. The van der Waals surface area contributed by atoms with Crippen LogP contribution in [0.2, 0.25) is 0 Å². The first kappa shape index (κ1) is 16.0. The van der Waals surface area contributed by atoms with Crippen molar-refractivity contribution in [2.75, 3.05) is 39.3 Å². The van der Waals surface area contributed by atoms with Gasteiger partial charge in [0.2, 0.25) is 5.91 Å². The molecule has 23 heavy (non-hydrogen) atoms. The first-order valence-corrected chi connectivity index (χ1v) is 8.22. The van der Waals surface area contributed by atoms with Crippen LogP contribution in [-0.2, 0) is 11.3 Å². The Labute approximate surface area is 137 Å².